The average Bonchev–Trinajstić information content (AvgIpc) is 2.08. The molecule has 66 valence electrons. The summed E-state index contributed by atoms with van der Waals surface area (Å²) in [5, 5.41) is 0.636. The standard InChI is InChI=1S/C9H11ClFN/c1-6-2-3-7(4-8(6)10)9(12)5-11/h2-4,9H,5,12H2,1H3/t9-/m1/s1. The number of hydrogen-bond acceptors (Lipinski definition) is 1. The van der Waals surface area contributed by atoms with Crippen molar-refractivity contribution in [1.29, 1.82) is 0 Å². The number of alkyl halides is 1. The zero-order valence-corrected chi connectivity index (χ0v) is 7.61. The van der Waals surface area contributed by atoms with Crippen molar-refractivity contribution in [2.75, 3.05) is 6.67 Å². The fourth-order valence-corrected chi connectivity index (χ4v) is 1.12. The lowest BCUT2D eigenvalue weighted by molar-refractivity contribution is 0.437. The Kier molecular flexibility index (Phi) is 3.06. The van der Waals surface area contributed by atoms with E-state index in [-0.39, 0.29) is 0 Å². The van der Waals surface area contributed by atoms with Crippen LogP contribution in [0.1, 0.15) is 17.2 Å². The van der Waals surface area contributed by atoms with Gasteiger partial charge in [0.1, 0.15) is 6.67 Å². The third-order valence-electron chi connectivity index (χ3n) is 1.79. The second-order valence-corrected chi connectivity index (χ2v) is 3.18. The van der Waals surface area contributed by atoms with E-state index in [1.54, 1.807) is 12.1 Å². The summed E-state index contributed by atoms with van der Waals surface area (Å²) >= 11 is 5.84. The fourth-order valence-electron chi connectivity index (χ4n) is 0.929. The lowest BCUT2D eigenvalue weighted by Crippen LogP contribution is -2.11. The predicted octanol–water partition coefficient (Wildman–Crippen LogP) is 2.62. The predicted molar refractivity (Wildman–Crippen MR) is 49.1 cm³/mol. The molecule has 1 aromatic carbocycles. The Morgan fingerprint density at radius 3 is 2.75 bits per heavy atom. The van der Waals surface area contributed by atoms with Gasteiger partial charge in [0.2, 0.25) is 0 Å². The van der Waals surface area contributed by atoms with Gasteiger partial charge in [-0.25, -0.2) is 4.39 Å². The van der Waals surface area contributed by atoms with Gasteiger partial charge >= 0.3 is 0 Å². The minimum absolute atomic E-state index is 0.553. The highest BCUT2D eigenvalue weighted by atomic mass is 35.5. The summed E-state index contributed by atoms with van der Waals surface area (Å²) < 4.78 is 12.1. The van der Waals surface area contributed by atoms with Gasteiger partial charge in [0, 0.05) is 5.02 Å². The maximum atomic E-state index is 12.1. The van der Waals surface area contributed by atoms with Crippen molar-refractivity contribution in [3.05, 3.63) is 34.3 Å². The molecule has 0 aliphatic rings. The Morgan fingerprint density at radius 2 is 2.25 bits per heavy atom. The first-order chi connectivity index (χ1) is 5.65. The molecule has 0 heterocycles. The van der Waals surface area contributed by atoms with Crippen LogP contribution in [0.25, 0.3) is 0 Å². The molecule has 0 aliphatic heterocycles. The Labute approximate surface area is 76.3 Å². The molecule has 12 heavy (non-hydrogen) atoms. The zero-order valence-electron chi connectivity index (χ0n) is 6.85. The van der Waals surface area contributed by atoms with Crippen LogP contribution in [-0.4, -0.2) is 6.67 Å². The minimum Gasteiger partial charge on any atom is -0.322 e. The molecule has 1 atom stereocenters. The molecule has 1 nitrogen and oxygen atoms in total. The Balaban J connectivity index is 2.96. The van der Waals surface area contributed by atoms with Crippen molar-refractivity contribution < 1.29 is 4.39 Å². The number of aryl methyl sites for hydroxylation is 1. The van der Waals surface area contributed by atoms with Crippen LogP contribution in [0.4, 0.5) is 4.39 Å². The molecule has 1 rings (SSSR count). The van der Waals surface area contributed by atoms with Crippen molar-refractivity contribution in [3.63, 3.8) is 0 Å². The molecule has 0 saturated heterocycles. The van der Waals surface area contributed by atoms with Gasteiger partial charge in [0.15, 0.2) is 0 Å². The number of halogens is 2. The molecule has 2 N–H and O–H groups in total. The van der Waals surface area contributed by atoms with Crippen LogP contribution in [-0.2, 0) is 0 Å². The van der Waals surface area contributed by atoms with E-state index in [0.717, 1.165) is 11.1 Å². The van der Waals surface area contributed by atoms with Crippen LogP contribution < -0.4 is 5.73 Å². The zero-order chi connectivity index (χ0) is 9.14. The van der Waals surface area contributed by atoms with Crippen LogP contribution in [0.15, 0.2) is 18.2 Å². The van der Waals surface area contributed by atoms with Crippen LogP contribution in [0.3, 0.4) is 0 Å². The molecule has 0 aromatic heterocycles. The summed E-state index contributed by atoms with van der Waals surface area (Å²) in [6.45, 7) is 1.34. The highest BCUT2D eigenvalue weighted by Gasteiger charge is 2.05. The second kappa shape index (κ2) is 3.87. The minimum atomic E-state index is -0.556. The van der Waals surface area contributed by atoms with Crippen molar-refractivity contribution in [3.8, 4) is 0 Å². The van der Waals surface area contributed by atoms with E-state index in [2.05, 4.69) is 0 Å². The Bertz CT molecular complexity index is 275. The van der Waals surface area contributed by atoms with E-state index in [1.165, 1.54) is 0 Å². The van der Waals surface area contributed by atoms with Gasteiger partial charge in [0.25, 0.3) is 0 Å². The van der Waals surface area contributed by atoms with Gasteiger partial charge < -0.3 is 5.73 Å². The molecule has 0 bridgehead atoms. The van der Waals surface area contributed by atoms with Crippen LogP contribution >= 0.6 is 11.6 Å². The Morgan fingerprint density at radius 1 is 1.58 bits per heavy atom. The monoisotopic (exact) mass is 187 g/mol. The average molecular weight is 188 g/mol. The first kappa shape index (κ1) is 9.49. The summed E-state index contributed by atoms with van der Waals surface area (Å²) in [6.07, 6.45) is 0. The molecular weight excluding hydrogens is 177 g/mol. The SMILES string of the molecule is Cc1ccc([C@H](N)CF)cc1Cl. The lowest BCUT2D eigenvalue weighted by atomic mass is 10.1. The topological polar surface area (TPSA) is 26.0 Å². The van der Waals surface area contributed by atoms with Crippen LogP contribution in [0, 0.1) is 6.92 Å². The normalized spacial score (nSPS) is 13.0. The van der Waals surface area contributed by atoms with E-state index < -0.39 is 12.7 Å². The first-order valence-corrected chi connectivity index (χ1v) is 4.10. The smallest absolute Gasteiger partial charge is 0.109 e. The summed E-state index contributed by atoms with van der Waals surface area (Å²) in [7, 11) is 0. The van der Waals surface area contributed by atoms with Crippen LogP contribution in [0.2, 0.25) is 5.02 Å². The second-order valence-electron chi connectivity index (χ2n) is 2.77. The molecule has 0 spiro atoms. The fraction of sp³-hybridized carbons (Fsp3) is 0.333. The van der Waals surface area contributed by atoms with Gasteiger partial charge in [-0.2, -0.15) is 0 Å². The van der Waals surface area contributed by atoms with Gasteiger partial charge in [-0.15, -0.1) is 0 Å². The van der Waals surface area contributed by atoms with Gasteiger partial charge in [-0.1, -0.05) is 23.7 Å². The number of nitrogens with two attached hydrogens (primary N) is 1. The maximum absolute atomic E-state index is 12.1. The van der Waals surface area contributed by atoms with E-state index in [0.29, 0.717) is 5.02 Å². The maximum Gasteiger partial charge on any atom is 0.109 e. The highest BCUT2D eigenvalue weighted by molar-refractivity contribution is 6.31. The summed E-state index contributed by atoms with van der Waals surface area (Å²) in [5.41, 5.74) is 7.20. The molecule has 0 aliphatic carbocycles. The Hall–Kier alpha value is -0.600. The largest absolute Gasteiger partial charge is 0.322 e. The summed E-state index contributed by atoms with van der Waals surface area (Å²) in [6, 6.07) is 4.79. The molecule has 0 fully saturated rings. The van der Waals surface area contributed by atoms with Crippen molar-refractivity contribution in [1.82, 2.24) is 0 Å². The summed E-state index contributed by atoms with van der Waals surface area (Å²) in [5.74, 6) is 0. The third kappa shape index (κ3) is 1.96. The third-order valence-corrected chi connectivity index (χ3v) is 2.20. The van der Waals surface area contributed by atoms with Gasteiger partial charge in [-0.3, -0.25) is 0 Å². The van der Waals surface area contributed by atoms with Gasteiger partial charge in [-0.05, 0) is 24.1 Å². The van der Waals surface area contributed by atoms with Crippen molar-refractivity contribution in [2.24, 2.45) is 5.73 Å². The molecule has 0 radical (unpaired) electrons. The van der Waals surface area contributed by atoms with Crippen LogP contribution in [0.5, 0.6) is 0 Å². The van der Waals surface area contributed by atoms with E-state index >= 15 is 0 Å². The highest BCUT2D eigenvalue weighted by Crippen LogP contribution is 2.20. The molecular formula is C9H11ClFN. The van der Waals surface area contributed by atoms with E-state index in [4.69, 9.17) is 17.3 Å². The number of benzene rings is 1. The van der Waals surface area contributed by atoms with E-state index in [9.17, 15) is 4.39 Å². The molecule has 1 aromatic rings. The quantitative estimate of drug-likeness (QED) is 0.757. The van der Waals surface area contributed by atoms with Gasteiger partial charge in [0.05, 0.1) is 6.04 Å². The molecule has 0 unspecified atom stereocenters. The number of hydrogen-bond donors (Lipinski definition) is 1. The molecule has 0 saturated carbocycles. The lowest BCUT2D eigenvalue weighted by Gasteiger charge is -2.08. The van der Waals surface area contributed by atoms with Crippen molar-refractivity contribution in [2.45, 2.75) is 13.0 Å². The summed E-state index contributed by atoms with van der Waals surface area (Å²) in [4.78, 5) is 0. The first-order valence-electron chi connectivity index (χ1n) is 3.72. The van der Waals surface area contributed by atoms with Crippen molar-refractivity contribution >= 4 is 11.6 Å². The van der Waals surface area contributed by atoms with E-state index in [1.807, 2.05) is 13.0 Å². The molecule has 0 amide bonds. The number of rotatable bonds is 2. The molecule has 3 heteroatoms.